The van der Waals surface area contributed by atoms with Gasteiger partial charge in [-0.2, -0.15) is 18.4 Å². The van der Waals surface area contributed by atoms with Crippen molar-refractivity contribution >= 4 is 40.7 Å². The Hall–Kier alpha value is -3.42. The number of benzene rings is 2. The van der Waals surface area contributed by atoms with Crippen LogP contribution in [0, 0.1) is 11.3 Å². The van der Waals surface area contributed by atoms with Gasteiger partial charge in [0.15, 0.2) is 5.11 Å². The second-order valence-corrected chi connectivity index (χ2v) is 8.44. The Morgan fingerprint density at radius 1 is 1.21 bits per heavy atom. The fraction of sp³-hybridized carbons (Fsp3) is 0.261. The number of aliphatic hydroxyl groups is 1. The van der Waals surface area contributed by atoms with E-state index in [9.17, 15) is 23.1 Å². The number of thiocarbonyl (C=S) groups is 1. The lowest BCUT2D eigenvalue weighted by atomic mass is 10.0. The predicted molar refractivity (Wildman–Crippen MR) is 120 cm³/mol. The van der Waals surface area contributed by atoms with Crippen LogP contribution in [0.15, 0.2) is 42.5 Å². The topological polar surface area (TPSA) is 76.8 Å². The quantitative estimate of drug-likeness (QED) is 0.672. The highest BCUT2D eigenvalue weighted by molar-refractivity contribution is 7.81. The summed E-state index contributed by atoms with van der Waals surface area (Å²) in [4.78, 5) is 15.9. The molecule has 33 heavy (non-hydrogen) atoms. The minimum atomic E-state index is -4.77. The molecule has 0 aliphatic carbocycles. The molecule has 1 unspecified atom stereocenters. The maximum atomic E-state index is 13.5. The predicted octanol–water partition coefficient (Wildman–Crippen LogP) is 4.26. The second kappa shape index (κ2) is 7.86. The van der Waals surface area contributed by atoms with Crippen LogP contribution in [0.1, 0.15) is 30.5 Å². The number of halogens is 3. The van der Waals surface area contributed by atoms with Crippen LogP contribution in [0.5, 0.6) is 5.75 Å². The molecule has 0 aromatic heterocycles. The van der Waals surface area contributed by atoms with Crippen LogP contribution < -0.4 is 14.5 Å². The number of nitrogens with zero attached hydrogens (tertiary/aromatic N) is 3. The molecule has 0 bridgehead atoms. The number of fused-ring (bicyclic) bond motifs is 1. The van der Waals surface area contributed by atoms with Crippen molar-refractivity contribution in [3.8, 4) is 11.8 Å². The molecule has 0 spiro atoms. The van der Waals surface area contributed by atoms with Crippen molar-refractivity contribution in [3.63, 3.8) is 0 Å². The highest BCUT2D eigenvalue weighted by atomic mass is 32.1. The molecule has 2 aromatic carbocycles. The molecule has 2 aliphatic rings. The zero-order valence-electron chi connectivity index (χ0n) is 17.6. The van der Waals surface area contributed by atoms with E-state index < -0.39 is 34.9 Å². The summed E-state index contributed by atoms with van der Waals surface area (Å²) in [5.74, 6) is 0.0449. The van der Waals surface area contributed by atoms with Gasteiger partial charge in [0.2, 0.25) is 0 Å². The Kier molecular flexibility index (Phi) is 5.42. The monoisotopic (exact) mass is 473 g/mol. The summed E-state index contributed by atoms with van der Waals surface area (Å²) in [5, 5.41) is 18.3. The van der Waals surface area contributed by atoms with Crippen LogP contribution in [-0.2, 0) is 11.0 Å². The van der Waals surface area contributed by atoms with E-state index in [1.807, 2.05) is 0 Å². The molecule has 1 fully saturated rings. The molecule has 6 nitrogen and oxygen atoms in total. The third kappa shape index (κ3) is 3.73. The molecule has 4 rings (SSSR count). The first-order valence-corrected chi connectivity index (χ1v) is 10.3. The lowest BCUT2D eigenvalue weighted by molar-refractivity contribution is -0.137. The standard InChI is InChI=1S/C23H18F3N3O3S/c1-22(2)20(31)28(15-5-3-14(11-27)18(10-15)23(24,25)26)21(33)29(22)16-6-8-19-13(9-16)4-7-17(12-30)32-19/h3-10,17,30H,12H2,1-2H3. The van der Waals surface area contributed by atoms with Gasteiger partial charge in [0.05, 0.1) is 29.5 Å². The molecule has 1 atom stereocenters. The molecule has 0 saturated carbocycles. The smallest absolute Gasteiger partial charge is 0.417 e. The number of hydrogen-bond donors (Lipinski definition) is 1. The third-order valence-corrected chi connectivity index (χ3v) is 5.92. The zero-order valence-corrected chi connectivity index (χ0v) is 18.4. The molecule has 2 aromatic rings. The Bertz CT molecular complexity index is 1230. The fourth-order valence-electron chi connectivity index (χ4n) is 3.88. The summed E-state index contributed by atoms with van der Waals surface area (Å²) in [6.07, 6.45) is -1.74. The average molecular weight is 473 g/mol. The number of aliphatic hydroxyl groups excluding tert-OH is 1. The summed E-state index contributed by atoms with van der Waals surface area (Å²) in [6.45, 7) is 3.09. The normalized spacial score (nSPS) is 19.4. The number of alkyl halides is 3. The molecule has 170 valence electrons. The van der Waals surface area contributed by atoms with Crippen molar-refractivity contribution in [2.45, 2.75) is 31.7 Å². The Balaban J connectivity index is 1.76. The first kappa shape index (κ1) is 22.8. The molecule has 10 heteroatoms. The van der Waals surface area contributed by atoms with E-state index in [1.165, 1.54) is 12.1 Å². The number of nitriles is 1. The molecule has 1 saturated heterocycles. The van der Waals surface area contributed by atoms with E-state index in [0.717, 1.165) is 17.0 Å². The molecule has 1 amide bonds. The molecule has 2 aliphatic heterocycles. The van der Waals surface area contributed by atoms with E-state index in [1.54, 1.807) is 49.1 Å². The Labute approximate surface area is 193 Å². The van der Waals surface area contributed by atoms with E-state index in [-0.39, 0.29) is 17.4 Å². The summed E-state index contributed by atoms with van der Waals surface area (Å²) >= 11 is 5.54. The summed E-state index contributed by atoms with van der Waals surface area (Å²) in [6, 6.07) is 9.73. The first-order valence-electron chi connectivity index (χ1n) is 9.89. The van der Waals surface area contributed by atoms with Gasteiger partial charge in [-0.25, -0.2) is 0 Å². The van der Waals surface area contributed by atoms with Crippen LogP contribution >= 0.6 is 12.2 Å². The summed E-state index contributed by atoms with van der Waals surface area (Å²) in [5.41, 5.74) is -1.67. The minimum Gasteiger partial charge on any atom is -0.483 e. The molecular formula is C23H18F3N3O3S. The van der Waals surface area contributed by atoms with Gasteiger partial charge in [0.1, 0.15) is 17.4 Å². The third-order valence-electron chi connectivity index (χ3n) is 5.56. The molecular weight excluding hydrogens is 455 g/mol. The van der Waals surface area contributed by atoms with Crippen molar-refractivity contribution < 1.29 is 27.8 Å². The van der Waals surface area contributed by atoms with E-state index in [0.29, 0.717) is 17.0 Å². The lowest BCUT2D eigenvalue weighted by Gasteiger charge is -2.30. The van der Waals surface area contributed by atoms with Gasteiger partial charge < -0.3 is 14.7 Å². The van der Waals surface area contributed by atoms with E-state index in [4.69, 9.17) is 22.2 Å². The number of carbonyl (C=O) groups is 1. The van der Waals surface area contributed by atoms with E-state index in [2.05, 4.69) is 0 Å². The number of anilines is 2. The van der Waals surface area contributed by atoms with Crippen molar-refractivity contribution in [1.82, 2.24) is 0 Å². The number of carbonyl (C=O) groups excluding carboxylic acids is 1. The van der Waals surface area contributed by atoms with E-state index >= 15 is 0 Å². The number of ether oxygens (including phenoxy) is 1. The molecule has 1 N–H and O–H groups in total. The van der Waals surface area contributed by atoms with Crippen molar-refractivity contribution in [2.75, 3.05) is 16.4 Å². The highest BCUT2D eigenvalue weighted by Crippen LogP contribution is 2.41. The van der Waals surface area contributed by atoms with Crippen LogP contribution in [-0.4, -0.2) is 34.4 Å². The highest BCUT2D eigenvalue weighted by Gasteiger charge is 2.50. The number of hydrogen-bond acceptors (Lipinski definition) is 5. The minimum absolute atomic E-state index is 0.0109. The van der Waals surface area contributed by atoms with Crippen molar-refractivity contribution in [1.29, 1.82) is 5.26 Å². The van der Waals surface area contributed by atoms with Crippen LogP contribution in [0.2, 0.25) is 0 Å². The number of rotatable bonds is 3. The van der Waals surface area contributed by atoms with Crippen LogP contribution in [0.4, 0.5) is 24.5 Å². The average Bonchev–Trinajstić information content (AvgIpc) is 2.95. The van der Waals surface area contributed by atoms with Crippen LogP contribution in [0.3, 0.4) is 0 Å². The van der Waals surface area contributed by atoms with Crippen molar-refractivity contribution in [2.24, 2.45) is 0 Å². The lowest BCUT2D eigenvalue weighted by Crippen LogP contribution is -2.44. The Morgan fingerprint density at radius 2 is 1.91 bits per heavy atom. The second-order valence-electron chi connectivity index (χ2n) is 8.08. The molecule has 0 radical (unpaired) electrons. The van der Waals surface area contributed by atoms with Crippen molar-refractivity contribution in [3.05, 3.63) is 59.2 Å². The van der Waals surface area contributed by atoms with Gasteiger partial charge in [-0.05, 0) is 68.5 Å². The van der Waals surface area contributed by atoms with Gasteiger partial charge >= 0.3 is 6.18 Å². The summed E-state index contributed by atoms with van der Waals surface area (Å²) in [7, 11) is 0. The van der Waals surface area contributed by atoms with Gasteiger partial charge in [-0.3, -0.25) is 9.69 Å². The largest absolute Gasteiger partial charge is 0.483 e. The van der Waals surface area contributed by atoms with Gasteiger partial charge in [-0.1, -0.05) is 6.08 Å². The number of amides is 1. The first-order chi connectivity index (χ1) is 15.5. The maximum Gasteiger partial charge on any atom is 0.417 e. The molecule has 2 heterocycles. The SMILES string of the molecule is CC1(C)C(=O)N(c2ccc(C#N)c(C(F)(F)F)c2)C(=S)N1c1ccc2c(c1)C=CC(CO)O2. The fourth-order valence-corrected chi connectivity index (χ4v) is 4.41. The van der Waals surface area contributed by atoms with Gasteiger partial charge in [-0.15, -0.1) is 0 Å². The Morgan fingerprint density at radius 3 is 2.55 bits per heavy atom. The maximum absolute atomic E-state index is 13.5. The van der Waals surface area contributed by atoms with Crippen LogP contribution in [0.25, 0.3) is 6.08 Å². The summed E-state index contributed by atoms with van der Waals surface area (Å²) < 4.78 is 46.1. The van der Waals surface area contributed by atoms with Gasteiger partial charge in [0, 0.05) is 11.3 Å². The van der Waals surface area contributed by atoms with Gasteiger partial charge in [0.25, 0.3) is 5.91 Å². The zero-order chi connectivity index (χ0) is 24.1.